The molecule has 0 fully saturated rings. The van der Waals surface area contributed by atoms with Crippen molar-refractivity contribution in [3.63, 3.8) is 0 Å². The van der Waals surface area contributed by atoms with Gasteiger partial charge in [-0.1, -0.05) is 6.08 Å². The fraction of sp³-hybridized carbons (Fsp3) is 0.400. The van der Waals surface area contributed by atoms with Crippen LogP contribution in [0.3, 0.4) is 0 Å². The summed E-state index contributed by atoms with van der Waals surface area (Å²) in [5, 5.41) is 7.63. The standard InChI is InChI=1S/C10H14N4O2S/c1-13-6-4-8(5-7-13)9-11-12-10(14(9)2)17(3,15)16/h4-6H,7H2,1-3H3. The predicted molar refractivity (Wildman–Crippen MR) is 63.9 cm³/mol. The zero-order chi connectivity index (χ0) is 12.6. The van der Waals surface area contributed by atoms with Gasteiger partial charge in [0.2, 0.25) is 15.0 Å². The first-order valence-electron chi connectivity index (χ1n) is 5.08. The summed E-state index contributed by atoms with van der Waals surface area (Å²) in [6.45, 7) is 0.771. The smallest absolute Gasteiger partial charge is 0.249 e. The van der Waals surface area contributed by atoms with Gasteiger partial charge in [-0.15, -0.1) is 10.2 Å². The van der Waals surface area contributed by atoms with Crippen molar-refractivity contribution in [2.24, 2.45) is 7.05 Å². The minimum absolute atomic E-state index is 0.0132. The van der Waals surface area contributed by atoms with E-state index in [1.54, 1.807) is 7.05 Å². The van der Waals surface area contributed by atoms with Gasteiger partial charge in [0.15, 0.2) is 5.82 Å². The summed E-state index contributed by atoms with van der Waals surface area (Å²) in [5.41, 5.74) is 0.882. The lowest BCUT2D eigenvalue weighted by atomic mass is 10.2. The lowest BCUT2D eigenvalue weighted by molar-refractivity contribution is 0.506. The van der Waals surface area contributed by atoms with Crippen molar-refractivity contribution in [3.05, 3.63) is 24.2 Å². The molecule has 0 unspecified atom stereocenters. The summed E-state index contributed by atoms with van der Waals surface area (Å²) in [6.07, 6.45) is 6.92. The zero-order valence-electron chi connectivity index (χ0n) is 9.95. The van der Waals surface area contributed by atoms with E-state index in [2.05, 4.69) is 10.2 Å². The second-order valence-corrected chi connectivity index (χ2v) is 5.96. The first kappa shape index (κ1) is 11.8. The van der Waals surface area contributed by atoms with Crippen molar-refractivity contribution < 1.29 is 8.42 Å². The fourth-order valence-corrected chi connectivity index (χ4v) is 2.41. The number of nitrogens with zero attached hydrogens (tertiary/aromatic N) is 4. The second-order valence-electron chi connectivity index (χ2n) is 4.05. The van der Waals surface area contributed by atoms with Crippen LogP contribution in [0.1, 0.15) is 5.82 Å². The SMILES string of the molecule is CN1C=CC(c2nnc(S(C)(=O)=O)n2C)=CC1. The monoisotopic (exact) mass is 254 g/mol. The molecule has 92 valence electrons. The van der Waals surface area contributed by atoms with Crippen LogP contribution in [-0.2, 0) is 16.9 Å². The largest absolute Gasteiger partial charge is 0.377 e. The predicted octanol–water partition coefficient (Wildman–Crippen LogP) is 0.0611. The van der Waals surface area contributed by atoms with Gasteiger partial charge in [0.1, 0.15) is 0 Å². The molecule has 7 heteroatoms. The average Bonchev–Trinajstić information content (AvgIpc) is 2.61. The summed E-state index contributed by atoms with van der Waals surface area (Å²) in [6, 6.07) is 0. The van der Waals surface area contributed by atoms with Crippen LogP contribution in [0.2, 0.25) is 0 Å². The highest BCUT2D eigenvalue weighted by Crippen LogP contribution is 2.18. The highest BCUT2D eigenvalue weighted by Gasteiger charge is 2.19. The van der Waals surface area contributed by atoms with Gasteiger partial charge in [-0.05, 0) is 12.3 Å². The highest BCUT2D eigenvalue weighted by atomic mass is 32.2. The van der Waals surface area contributed by atoms with Crippen LogP contribution < -0.4 is 0 Å². The van der Waals surface area contributed by atoms with Gasteiger partial charge in [0, 0.05) is 32.5 Å². The number of hydrogen-bond acceptors (Lipinski definition) is 5. The minimum atomic E-state index is -3.33. The van der Waals surface area contributed by atoms with Crippen LogP contribution in [0, 0.1) is 0 Å². The van der Waals surface area contributed by atoms with Crippen LogP contribution >= 0.6 is 0 Å². The maximum absolute atomic E-state index is 11.4. The Balaban J connectivity index is 2.43. The molecule has 0 bridgehead atoms. The molecule has 0 aromatic carbocycles. The number of allylic oxidation sites excluding steroid dienone is 2. The van der Waals surface area contributed by atoms with Gasteiger partial charge in [-0.2, -0.15) is 0 Å². The summed E-state index contributed by atoms with van der Waals surface area (Å²) < 4.78 is 24.4. The molecule has 2 heterocycles. The van der Waals surface area contributed by atoms with Gasteiger partial charge in [-0.3, -0.25) is 0 Å². The average molecular weight is 254 g/mol. The summed E-state index contributed by atoms with van der Waals surface area (Å²) in [5.74, 6) is 0.565. The van der Waals surface area contributed by atoms with E-state index in [-0.39, 0.29) is 5.16 Å². The van der Waals surface area contributed by atoms with Crippen molar-refractivity contribution in [2.75, 3.05) is 19.8 Å². The maximum Gasteiger partial charge on any atom is 0.249 e. The molecule has 17 heavy (non-hydrogen) atoms. The Morgan fingerprint density at radius 1 is 1.29 bits per heavy atom. The summed E-state index contributed by atoms with van der Waals surface area (Å²) in [7, 11) is 0.278. The highest BCUT2D eigenvalue weighted by molar-refractivity contribution is 7.90. The summed E-state index contributed by atoms with van der Waals surface area (Å²) >= 11 is 0. The van der Waals surface area contributed by atoms with Gasteiger partial charge in [0.25, 0.3) is 0 Å². The molecule has 0 radical (unpaired) electrons. The van der Waals surface area contributed by atoms with E-state index >= 15 is 0 Å². The van der Waals surface area contributed by atoms with E-state index < -0.39 is 9.84 Å². The van der Waals surface area contributed by atoms with Crippen LogP contribution in [0.5, 0.6) is 0 Å². The first-order chi connectivity index (χ1) is 7.89. The zero-order valence-corrected chi connectivity index (χ0v) is 10.8. The number of aromatic nitrogens is 3. The molecular formula is C10H14N4O2S. The third-order valence-corrected chi connectivity index (χ3v) is 3.55. The lowest BCUT2D eigenvalue weighted by Crippen LogP contribution is -2.14. The molecule has 1 aliphatic heterocycles. The van der Waals surface area contributed by atoms with Crippen LogP contribution in [-0.4, -0.2) is 47.9 Å². The fourth-order valence-electron chi connectivity index (χ4n) is 1.63. The van der Waals surface area contributed by atoms with E-state index in [1.165, 1.54) is 4.57 Å². The molecule has 2 rings (SSSR count). The minimum Gasteiger partial charge on any atom is -0.377 e. The van der Waals surface area contributed by atoms with Gasteiger partial charge >= 0.3 is 0 Å². The lowest BCUT2D eigenvalue weighted by Gasteiger charge is -2.16. The molecule has 6 nitrogen and oxygen atoms in total. The van der Waals surface area contributed by atoms with Crippen molar-refractivity contribution >= 4 is 15.4 Å². The number of hydrogen-bond donors (Lipinski definition) is 0. The molecule has 0 atom stereocenters. The van der Waals surface area contributed by atoms with Crippen molar-refractivity contribution in [1.29, 1.82) is 0 Å². The topological polar surface area (TPSA) is 68.1 Å². The van der Waals surface area contributed by atoms with Crippen LogP contribution in [0.15, 0.2) is 23.5 Å². The number of sulfone groups is 1. The van der Waals surface area contributed by atoms with E-state index in [4.69, 9.17) is 0 Å². The van der Waals surface area contributed by atoms with Crippen molar-refractivity contribution in [1.82, 2.24) is 19.7 Å². The van der Waals surface area contributed by atoms with E-state index in [0.29, 0.717) is 5.82 Å². The third-order valence-electron chi connectivity index (χ3n) is 2.53. The van der Waals surface area contributed by atoms with E-state index in [0.717, 1.165) is 18.4 Å². The summed E-state index contributed by atoms with van der Waals surface area (Å²) in [4.78, 5) is 2.01. The molecule has 0 aliphatic carbocycles. The Morgan fingerprint density at radius 3 is 2.47 bits per heavy atom. The first-order valence-corrected chi connectivity index (χ1v) is 6.97. The molecule has 1 aromatic rings. The van der Waals surface area contributed by atoms with E-state index in [9.17, 15) is 8.42 Å². The second kappa shape index (κ2) is 3.99. The molecular weight excluding hydrogens is 240 g/mol. The van der Waals surface area contributed by atoms with Crippen molar-refractivity contribution in [2.45, 2.75) is 5.16 Å². The molecule has 0 saturated carbocycles. The Morgan fingerprint density at radius 2 is 2.00 bits per heavy atom. The van der Waals surface area contributed by atoms with E-state index in [1.807, 2.05) is 30.3 Å². The molecule has 0 N–H and O–H groups in total. The van der Waals surface area contributed by atoms with Gasteiger partial charge < -0.3 is 9.47 Å². The normalized spacial score (nSPS) is 16.2. The molecule has 0 spiro atoms. The number of rotatable bonds is 2. The maximum atomic E-state index is 11.4. The molecule has 0 saturated heterocycles. The van der Waals surface area contributed by atoms with Crippen molar-refractivity contribution in [3.8, 4) is 0 Å². The Hall–Kier alpha value is -1.63. The van der Waals surface area contributed by atoms with Gasteiger partial charge in [-0.25, -0.2) is 8.42 Å². The third kappa shape index (κ3) is 2.23. The quantitative estimate of drug-likeness (QED) is 0.746. The van der Waals surface area contributed by atoms with Crippen LogP contribution in [0.4, 0.5) is 0 Å². The van der Waals surface area contributed by atoms with Crippen LogP contribution in [0.25, 0.3) is 5.57 Å². The Bertz CT molecular complexity index is 598. The Kier molecular flexibility index (Phi) is 2.78. The van der Waals surface area contributed by atoms with Gasteiger partial charge in [0.05, 0.1) is 0 Å². The molecule has 0 amide bonds. The number of likely N-dealkylation sites (N-methyl/N-ethyl adjacent to an activating group) is 1. The molecule has 1 aliphatic rings. The molecule has 1 aromatic heterocycles. The Labute approximate surface area is 100 Å².